The number of urea groups is 1. The number of rotatable bonds is 0. The van der Waals surface area contributed by atoms with Crippen LogP contribution in [0.3, 0.4) is 0 Å². The van der Waals surface area contributed by atoms with Crippen LogP contribution in [0, 0.1) is 0 Å². The minimum absolute atomic E-state index is 0.156. The van der Waals surface area contributed by atoms with E-state index in [4.69, 9.17) is 5.73 Å². The predicted molar refractivity (Wildman–Crippen MR) is 64.7 cm³/mol. The number of nitrogens with two attached hydrogens (primary N) is 1. The number of amides is 2. The van der Waals surface area contributed by atoms with Gasteiger partial charge in [0, 0.05) is 10.9 Å². The average molecular weight is 251 g/mol. The Balaban J connectivity index is 2.22. The highest BCUT2D eigenvalue weighted by Crippen LogP contribution is 2.15. The predicted octanol–water partition coefficient (Wildman–Crippen LogP) is 0.325. The Morgan fingerprint density at radius 2 is 2.05 bits per heavy atom. The molecule has 3 heterocycles. The second kappa shape index (κ2) is 3.25. The number of hydrogen-bond donors (Lipinski definition) is 1. The standard InChI is InChI=1S/C11H5N7O/c12-9-4-1-2-6-5(8(4)14-11(19)15-9)3-7-10(13-6)17-18-16-7/h1-3H,(H2,12,15,19). The summed E-state index contributed by atoms with van der Waals surface area (Å²) >= 11 is 0. The van der Waals surface area contributed by atoms with Gasteiger partial charge in [-0.2, -0.15) is 9.98 Å². The number of carbonyl (C=O) groups is 1. The van der Waals surface area contributed by atoms with E-state index in [1.807, 2.05) is 0 Å². The van der Waals surface area contributed by atoms with Gasteiger partial charge < -0.3 is 5.73 Å². The summed E-state index contributed by atoms with van der Waals surface area (Å²) in [6.07, 6.45) is 0. The Morgan fingerprint density at radius 3 is 2.95 bits per heavy atom. The van der Waals surface area contributed by atoms with Gasteiger partial charge in [-0.1, -0.05) is 0 Å². The molecular weight excluding hydrogens is 246 g/mol. The summed E-state index contributed by atoms with van der Waals surface area (Å²) in [6, 6.07) is 4.63. The summed E-state index contributed by atoms with van der Waals surface area (Å²) in [5.41, 5.74) is 6.99. The maximum atomic E-state index is 11.4. The molecule has 2 aromatic rings. The summed E-state index contributed by atoms with van der Waals surface area (Å²) in [4.78, 5) is 23.2. The van der Waals surface area contributed by atoms with E-state index in [9.17, 15) is 4.79 Å². The fourth-order valence-corrected chi connectivity index (χ4v) is 2.08. The topological polar surface area (TPSA) is 118 Å². The highest BCUT2D eigenvalue weighted by molar-refractivity contribution is 6.07. The van der Waals surface area contributed by atoms with Crippen LogP contribution in [0.5, 0.6) is 0 Å². The Morgan fingerprint density at radius 1 is 1.16 bits per heavy atom. The SMILES string of the molecule is NC1=NC(=O)N=c2c1ccc1nc3c(cc21)=NN=N3. The molecule has 0 fully saturated rings. The van der Waals surface area contributed by atoms with Crippen LogP contribution in [0.15, 0.2) is 43.6 Å². The molecule has 0 saturated heterocycles. The first-order valence-corrected chi connectivity index (χ1v) is 5.42. The molecule has 2 amide bonds. The van der Waals surface area contributed by atoms with Gasteiger partial charge in [0.2, 0.25) is 5.82 Å². The minimum Gasteiger partial charge on any atom is -0.383 e. The van der Waals surface area contributed by atoms with E-state index in [1.165, 1.54) is 0 Å². The Hall–Kier alpha value is -3.03. The second-order valence-electron chi connectivity index (χ2n) is 4.04. The fraction of sp³-hybridized carbons (Fsp3) is 0. The fourth-order valence-electron chi connectivity index (χ4n) is 2.08. The van der Waals surface area contributed by atoms with Gasteiger partial charge in [0.15, 0.2) is 0 Å². The number of pyridine rings is 1. The number of nitrogens with zero attached hydrogens (tertiary/aromatic N) is 6. The number of aliphatic imine (C=N–C) groups is 1. The van der Waals surface area contributed by atoms with Crippen molar-refractivity contribution in [3.63, 3.8) is 0 Å². The molecule has 0 bridgehead atoms. The third-order valence-electron chi connectivity index (χ3n) is 2.92. The monoisotopic (exact) mass is 251 g/mol. The van der Waals surface area contributed by atoms with Crippen LogP contribution in [0.4, 0.5) is 10.6 Å². The zero-order chi connectivity index (χ0) is 13.0. The van der Waals surface area contributed by atoms with Crippen molar-refractivity contribution in [3.8, 4) is 0 Å². The first-order valence-electron chi connectivity index (χ1n) is 5.42. The van der Waals surface area contributed by atoms with E-state index in [0.29, 0.717) is 33.0 Å². The molecule has 1 aromatic heterocycles. The summed E-state index contributed by atoms with van der Waals surface area (Å²) in [6.45, 7) is 0. The molecule has 2 N–H and O–H groups in total. The lowest BCUT2D eigenvalue weighted by molar-refractivity contribution is 0.256. The minimum atomic E-state index is -0.621. The van der Waals surface area contributed by atoms with Gasteiger partial charge in [0.1, 0.15) is 11.2 Å². The smallest absolute Gasteiger partial charge is 0.369 e. The van der Waals surface area contributed by atoms with Gasteiger partial charge >= 0.3 is 6.03 Å². The molecular formula is C11H5N7O. The molecule has 2 aliphatic rings. The largest absolute Gasteiger partial charge is 0.383 e. The lowest BCUT2D eigenvalue weighted by Gasteiger charge is -2.07. The number of benzene rings is 1. The summed E-state index contributed by atoms with van der Waals surface area (Å²) in [5, 5.41) is 12.9. The van der Waals surface area contributed by atoms with Crippen LogP contribution >= 0.6 is 0 Å². The van der Waals surface area contributed by atoms with E-state index in [2.05, 4.69) is 30.4 Å². The Bertz CT molecular complexity index is 942. The summed E-state index contributed by atoms with van der Waals surface area (Å²) < 4.78 is 0. The van der Waals surface area contributed by atoms with Crippen LogP contribution in [-0.2, 0) is 0 Å². The first-order chi connectivity index (χ1) is 9.22. The lowest BCUT2D eigenvalue weighted by atomic mass is 10.1. The van der Waals surface area contributed by atoms with Crippen molar-refractivity contribution >= 4 is 28.6 Å². The van der Waals surface area contributed by atoms with Crippen LogP contribution in [0.25, 0.3) is 10.9 Å². The van der Waals surface area contributed by atoms with Gasteiger partial charge in [-0.25, -0.2) is 9.78 Å². The van der Waals surface area contributed by atoms with E-state index in [0.717, 1.165) is 0 Å². The van der Waals surface area contributed by atoms with Crippen LogP contribution < -0.4 is 16.4 Å². The van der Waals surface area contributed by atoms with Gasteiger partial charge in [-0.05, 0) is 23.4 Å². The third kappa shape index (κ3) is 1.30. The van der Waals surface area contributed by atoms with Crippen LogP contribution in [-0.4, -0.2) is 16.9 Å². The zero-order valence-electron chi connectivity index (χ0n) is 9.40. The number of hydrogen-bond acceptors (Lipinski definition) is 6. The van der Waals surface area contributed by atoms with Crippen LogP contribution in [0.2, 0.25) is 0 Å². The van der Waals surface area contributed by atoms with Crippen molar-refractivity contribution in [1.82, 2.24) is 4.98 Å². The molecule has 0 unspecified atom stereocenters. The van der Waals surface area contributed by atoms with E-state index < -0.39 is 6.03 Å². The van der Waals surface area contributed by atoms with Crippen molar-refractivity contribution < 1.29 is 4.79 Å². The number of aromatic nitrogens is 1. The molecule has 8 nitrogen and oxygen atoms in total. The molecule has 0 saturated carbocycles. The van der Waals surface area contributed by atoms with Gasteiger partial charge in [-0.15, -0.1) is 10.2 Å². The van der Waals surface area contributed by atoms with E-state index in [-0.39, 0.29) is 5.84 Å². The number of carbonyl (C=O) groups excluding carboxylic acids is 1. The lowest BCUT2D eigenvalue weighted by Crippen LogP contribution is -2.29. The van der Waals surface area contributed by atoms with Crippen molar-refractivity contribution in [2.75, 3.05) is 0 Å². The highest BCUT2D eigenvalue weighted by atomic mass is 16.2. The average Bonchev–Trinajstić information content (AvgIpc) is 2.83. The summed E-state index contributed by atoms with van der Waals surface area (Å²) in [5.74, 6) is 0.611. The van der Waals surface area contributed by atoms with Gasteiger partial charge in [0.05, 0.1) is 10.9 Å². The molecule has 90 valence electrons. The molecule has 0 spiro atoms. The van der Waals surface area contributed by atoms with E-state index in [1.54, 1.807) is 18.2 Å². The van der Waals surface area contributed by atoms with Crippen molar-refractivity contribution in [3.05, 3.63) is 34.5 Å². The van der Waals surface area contributed by atoms with Gasteiger partial charge in [0.25, 0.3) is 0 Å². The number of amidine groups is 1. The highest BCUT2D eigenvalue weighted by Gasteiger charge is 2.16. The van der Waals surface area contributed by atoms with E-state index >= 15 is 0 Å². The first kappa shape index (κ1) is 9.95. The maximum absolute atomic E-state index is 11.4. The maximum Gasteiger partial charge on any atom is 0.369 e. The molecule has 2 aliphatic heterocycles. The van der Waals surface area contributed by atoms with Crippen molar-refractivity contribution in [2.24, 2.45) is 31.2 Å². The third-order valence-corrected chi connectivity index (χ3v) is 2.92. The normalized spacial score (nSPS) is 15.6. The Kier molecular flexibility index (Phi) is 1.70. The second-order valence-corrected chi connectivity index (χ2v) is 4.04. The van der Waals surface area contributed by atoms with Crippen molar-refractivity contribution in [1.29, 1.82) is 0 Å². The molecule has 0 atom stereocenters. The molecule has 0 aliphatic carbocycles. The molecule has 0 radical (unpaired) electrons. The molecule has 4 rings (SSSR count). The quantitative estimate of drug-likeness (QED) is 0.726. The van der Waals surface area contributed by atoms with Crippen molar-refractivity contribution in [2.45, 2.75) is 0 Å². The number of fused-ring (bicyclic) bond motifs is 4. The molecule has 19 heavy (non-hydrogen) atoms. The zero-order valence-corrected chi connectivity index (χ0v) is 9.40. The van der Waals surface area contributed by atoms with Gasteiger partial charge in [-0.3, -0.25) is 0 Å². The Labute approximate surface area is 105 Å². The molecule has 8 heteroatoms. The van der Waals surface area contributed by atoms with Crippen LogP contribution in [0.1, 0.15) is 5.56 Å². The summed E-state index contributed by atoms with van der Waals surface area (Å²) in [7, 11) is 0. The molecule has 1 aromatic carbocycles.